The summed E-state index contributed by atoms with van der Waals surface area (Å²) in [7, 11) is 0. The molecule has 25 heavy (non-hydrogen) atoms. The van der Waals surface area contributed by atoms with Gasteiger partial charge in [0.15, 0.2) is 0 Å². The Bertz CT molecular complexity index is 995. The number of rotatable bonds is 4. The van der Waals surface area contributed by atoms with Gasteiger partial charge in [0.25, 0.3) is 5.69 Å². The van der Waals surface area contributed by atoms with Crippen molar-refractivity contribution in [2.24, 2.45) is 4.99 Å². The number of benzene rings is 2. The maximum atomic E-state index is 11.0. The Morgan fingerprint density at radius 3 is 2.60 bits per heavy atom. The van der Waals surface area contributed by atoms with Crippen molar-refractivity contribution in [3.05, 3.63) is 81.6 Å². The Labute approximate surface area is 143 Å². The van der Waals surface area contributed by atoms with E-state index in [2.05, 4.69) is 11.1 Å². The number of hydrogen-bond acceptors (Lipinski definition) is 5. The molecule has 1 aromatic heterocycles. The van der Waals surface area contributed by atoms with Crippen LogP contribution in [0.5, 0.6) is 0 Å². The van der Waals surface area contributed by atoms with Crippen molar-refractivity contribution < 1.29 is 9.34 Å². The minimum Gasteiger partial charge on any atom is -0.455 e. The van der Waals surface area contributed by atoms with Gasteiger partial charge in [0.05, 0.1) is 28.5 Å². The van der Waals surface area contributed by atoms with Crippen molar-refractivity contribution >= 4 is 17.6 Å². The zero-order chi connectivity index (χ0) is 17.8. The third-order valence-corrected chi connectivity index (χ3v) is 3.66. The van der Waals surface area contributed by atoms with E-state index >= 15 is 0 Å². The summed E-state index contributed by atoms with van der Waals surface area (Å²) >= 11 is 0. The monoisotopic (exact) mass is 331 g/mol. The molecule has 0 bridgehead atoms. The second kappa shape index (κ2) is 6.81. The first-order valence-electron chi connectivity index (χ1n) is 7.46. The minimum absolute atomic E-state index is 0.0346. The Hall–Kier alpha value is -3.72. The molecule has 0 fully saturated rings. The fourth-order valence-electron chi connectivity index (χ4n) is 2.30. The van der Waals surface area contributed by atoms with Crippen LogP contribution in [-0.2, 0) is 0 Å². The summed E-state index contributed by atoms with van der Waals surface area (Å²) in [5.74, 6) is 1.18. The van der Waals surface area contributed by atoms with E-state index in [1.165, 1.54) is 12.3 Å². The average Bonchev–Trinajstić information content (AvgIpc) is 3.10. The van der Waals surface area contributed by atoms with Crippen molar-refractivity contribution in [1.82, 2.24) is 0 Å². The van der Waals surface area contributed by atoms with Crippen molar-refractivity contribution in [2.75, 3.05) is 0 Å². The highest BCUT2D eigenvalue weighted by Crippen LogP contribution is 2.25. The SMILES string of the molecule is Cc1ccc(N=Cc2ccc(-c3ccc(C#N)cc3)o2)cc1[N+](=O)[O-]. The van der Waals surface area contributed by atoms with Gasteiger partial charge < -0.3 is 4.42 Å². The zero-order valence-corrected chi connectivity index (χ0v) is 13.3. The number of furan rings is 1. The molecule has 6 heteroatoms. The zero-order valence-electron chi connectivity index (χ0n) is 13.3. The molecule has 6 nitrogen and oxygen atoms in total. The van der Waals surface area contributed by atoms with Crippen LogP contribution in [-0.4, -0.2) is 11.1 Å². The molecule has 0 unspecified atom stereocenters. The molecule has 0 aliphatic carbocycles. The molecule has 0 saturated heterocycles. The lowest BCUT2D eigenvalue weighted by atomic mass is 10.1. The molecule has 0 atom stereocenters. The molecule has 0 N–H and O–H groups in total. The van der Waals surface area contributed by atoms with E-state index in [9.17, 15) is 10.1 Å². The Morgan fingerprint density at radius 2 is 1.92 bits per heavy atom. The van der Waals surface area contributed by atoms with Gasteiger partial charge in [-0.25, -0.2) is 0 Å². The molecular weight excluding hydrogens is 318 g/mol. The normalized spacial score (nSPS) is 10.7. The number of nitriles is 1. The molecule has 0 radical (unpaired) electrons. The van der Waals surface area contributed by atoms with Gasteiger partial charge in [-0.15, -0.1) is 0 Å². The molecule has 3 rings (SSSR count). The fourth-order valence-corrected chi connectivity index (χ4v) is 2.30. The number of aryl methyl sites for hydroxylation is 1. The molecule has 0 spiro atoms. The van der Waals surface area contributed by atoms with E-state index in [0.29, 0.717) is 28.3 Å². The summed E-state index contributed by atoms with van der Waals surface area (Å²) in [5, 5.41) is 19.8. The summed E-state index contributed by atoms with van der Waals surface area (Å²) in [5.41, 5.74) is 2.54. The van der Waals surface area contributed by atoms with Crippen molar-refractivity contribution in [3.63, 3.8) is 0 Å². The first-order chi connectivity index (χ1) is 12.1. The second-order valence-electron chi connectivity index (χ2n) is 5.38. The number of hydrogen-bond donors (Lipinski definition) is 0. The molecule has 3 aromatic rings. The smallest absolute Gasteiger partial charge is 0.274 e. The van der Waals surface area contributed by atoms with Crippen LogP contribution in [0.4, 0.5) is 11.4 Å². The Morgan fingerprint density at radius 1 is 1.16 bits per heavy atom. The lowest BCUT2D eigenvalue weighted by Crippen LogP contribution is -1.90. The maximum absolute atomic E-state index is 11.0. The van der Waals surface area contributed by atoms with Crippen molar-refractivity contribution in [1.29, 1.82) is 5.26 Å². The van der Waals surface area contributed by atoms with Crippen LogP contribution in [0.2, 0.25) is 0 Å². The molecule has 0 saturated carbocycles. The van der Waals surface area contributed by atoms with Gasteiger partial charge in [-0.2, -0.15) is 5.26 Å². The average molecular weight is 331 g/mol. The first kappa shape index (κ1) is 16.1. The summed E-state index contributed by atoms with van der Waals surface area (Å²) in [4.78, 5) is 14.8. The predicted molar refractivity (Wildman–Crippen MR) is 93.9 cm³/mol. The van der Waals surface area contributed by atoms with Crippen LogP contribution < -0.4 is 0 Å². The highest BCUT2D eigenvalue weighted by atomic mass is 16.6. The highest BCUT2D eigenvalue weighted by Gasteiger charge is 2.10. The molecule has 0 amide bonds. The van der Waals surface area contributed by atoms with Crippen molar-refractivity contribution in [2.45, 2.75) is 6.92 Å². The van der Waals surface area contributed by atoms with Gasteiger partial charge >= 0.3 is 0 Å². The topological polar surface area (TPSA) is 92.4 Å². The van der Waals surface area contributed by atoms with Crippen molar-refractivity contribution in [3.8, 4) is 17.4 Å². The van der Waals surface area contributed by atoms with Crippen LogP contribution >= 0.6 is 0 Å². The van der Waals surface area contributed by atoms with Crippen LogP contribution in [0.15, 0.2) is 64.0 Å². The number of nitro benzene ring substituents is 1. The van der Waals surface area contributed by atoms with Crippen LogP contribution in [0.1, 0.15) is 16.9 Å². The molecule has 0 aliphatic rings. The lowest BCUT2D eigenvalue weighted by Gasteiger charge is -1.98. The van der Waals surface area contributed by atoms with E-state index in [-0.39, 0.29) is 5.69 Å². The van der Waals surface area contributed by atoms with Gasteiger partial charge in [-0.05, 0) is 49.4 Å². The maximum Gasteiger partial charge on any atom is 0.274 e. The van der Waals surface area contributed by atoms with Gasteiger partial charge in [-0.1, -0.05) is 6.07 Å². The number of nitro groups is 1. The Balaban J connectivity index is 1.81. The van der Waals surface area contributed by atoms with E-state index in [4.69, 9.17) is 9.68 Å². The third-order valence-electron chi connectivity index (χ3n) is 3.66. The van der Waals surface area contributed by atoms with Crippen LogP contribution in [0.3, 0.4) is 0 Å². The molecule has 2 aromatic carbocycles. The predicted octanol–water partition coefficient (Wildman–Crippen LogP) is 4.79. The van der Waals surface area contributed by atoms with E-state index < -0.39 is 4.92 Å². The number of nitrogens with zero attached hydrogens (tertiary/aromatic N) is 3. The molecule has 1 heterocycles. The van der Waals surface area contributed by atoms with Gasteiger partial charge in [0, 0.05) is 17.2 Å². The molecule has 0 aliphatic heterocycles. The second-order valence-corrected chi connectivity index (χ2v) is 5.38. The summed E-state index contributed by atoms with van der Waals surface area (Å²) in [6, 6.07) is 17.5. The standard InChI is InChI=1S/C19H13N3O3/c1-13-2-7-16(10-18(13)22(23)24)21-12-17-8-9-19(25-17)15-5-3-14(11-20)4-6-15/h2-10,12H,1H3. The van der Waals surface area contributed by atoms with Gasteiger partial charge in [0.1, 0.15) is 11.5 Å². The molecular formula is C19H13N3O3. The first-order valence-corrected chi connectivity index (χ1v) is 7.46. The minimum atomic E-state index is -0.426. The summed E-state index contributed by atoms with van der Waals surface area (Å²) < 4.78 is 5.70. The van der Waals surface area contributed by atoms with E-state index in [0.717, 1.165) is 5.56 Å². The quantitative estimate of drug-likeness (QED) is 0.390. The van der Waals surface area contributed by atoms with Gasteiger partial charge in [0.2, 0.25) is 0 Å². The third kappa shape index (κ3) is 3.62. The van der Waals surface area contributed by atoms with E-state index in [1.54, 1.807) is 43.3 Å². The van der Waals surface area contributed by atoms with Gasteiger partial charge in [-0.3, -0.25) is 15.1 Å². The highest BCUT2D eigenvalue weighted by molar-refractivity contribution is 5.80. The Kier molecular flexibility index (Phi) is 4.40. The summed E-state index contributed by atoms with van der Waals surface area (Å²) in [6.07, 6.45) is 1.52. The van der Waals surface area contributed by atoms with Crippen LogP contribution in [0.25, 0.3) is 11.3 Å². The largest absolute Gasteiger partial charge is 0.455 e. The summed E-state index contributed by atoms with van der Waals surface area (Å²) in [6.45, 7) is 1.68. The number of aliphatic imine (C=N–C) groups is 1. The molecule has 122 valence electrons. The van der Waals surface area contributed by atoms with Crippen LogP contribution in [0, 0.1) is 28.4 Å². The lowest BCUT2D eigenvalue weighted by molar-refractivity contribution is -0.385. The van der Waals surface area contributed by atoms with E-state index in [1.807, 2.05) is 12.1 Å². The fraction of sp³-hybridized carbons (Fsp3) is 0.0526.